The third-order valence-corrected chi connectivity index (χ3v) is 5.25. The molecule has 0 unspecified atom stereocenters. The highest BCUT2D eigenvalue weighted by Crippen LogP contribution is 2.30. The van der Waals surface area contributed by atoms with Crippen molar-refractivity contribution < 1.29 is 18.6 Å². The van der Waals surface area contributed by atoms with Gasteiger partial charge in [-0.15, -0.1) is 6.58 Å². The molecule has 0 spiro atoms. The Morgan fingerprint density at radius 1 is 1.25 bits per heavy atom. The van der Waals surface area contributed by atoms with Crippen molar-refractivity contribution in [3.63, 3.8) is 0 Å². The molecule has 0 saturated carbocycles. The van der Waals surface area contributed by atoms with Crippen LogP contribution in [0.5, 0.6) is 0 Å². The van der Waals surface area contributed by atoms with Crippen LogP contribution in [0.2, 0.25) is 10.0 Å². The molecule has 0 heterocycles. The zero-order valence-corrected chi connectivity index (χ0v) is 12.9. The van der Waals surface area contributed by atoms with E-state index in [4.69, 9.17) is 33.4 Å². The number of halogens is 2. The van der Waals surface area contributed by atoms with E-state index >= 15 is 0 Å². The topological polar surface area (TPSA) is 77.8 Å². The van der Waals surface area contributed by atoms with Crippen LogP contribution in [-0.4, -0.2) is 42.6 Å². The monoisotopic (exact) mass is 339 g/mol. The molecular weight excluding hydrogens is 325 g/mol. The molecule has 2 N–H and O–H groups in total. The average Bonchev–Trinajstić information content (AvgIpc) is 2.38. The van der Waals surface area contributed by atoms with Crippen molar-refractivity contribution in [3.05, 3.63) is 40.4 Å². The first-order chi connectivity index (χ1) is 9.38. The van der Waals surface area contributed by atoms with E-state index in [1.807, 2.05) is 0 Å². The van der Waals surface area contributed by atoms with Crippen molar-refractivity contribution in [2.75, 3.05) is 19.7 Å². The Morgan fingerprint density at radius 3 is 2.40 bits per heavy atom. The normalized spacial score (nSPS) is 11.8. The van der Waals surface area contributed by atoms with E-state index in [-0.39, 0.29) is 40.2 Å². The lowest BCUT2D eigenvalue weighted by atomic mass is 10.2. The maximum atomic E-state index is 12.5. The van der Waals surface area contributed by atoms with E-state index in [2.05, 4.69) is 6.58 Å². The molecular formula is C12H15Cl2NO4S. The summed E-state index contributed by atoms with van der Waals surface area (Å²) in [5.74, 6) is 0. The molecule has 0 aliphatic rings. The third-order valence-electron chi connectivity index (χ3n) is 2.57. The number of hydrogen-bond donors (Lipinski definition) is 2. The second kappa shape index (κ2) is 7.40. The van der Waals surface area contributed by atoms with Crippen LogP contribution in [0, 0.1) is 0 Å². The van der Waals surface area contributed by atoms with Crippen molar-refractivity contribution in [1.82, 2.24) is 4.31 Å². The molecule has 0 aliphatic heterocycles. The standard InChI is InChI=1S/C12H15Cl2NO4S/c1-2-3-15(4-5-16)20(18,19)12-6-9(8-17)10(13)7-11(12)14/h2,6-7,16-17H,1,3-5,8H2. The van der Waals surface area contributed by atoms with Crippen molar-refractivity contribution in [2.24, 2.45) is 0 Å². The lowest BCUT2D eigenvalue weighted by Gasteiger charge is -2.21. The number of benzene rings is 1. The van der Waals surface area contributed by atoms with Gasteiger partial charge in [0, 0.05) is 18.1 Å². The fraction of sp³-hybridized carbons (Fsp3) is 0.333. The van der Waals surface area contributed by atoms with Crippen molar-refractivity contribution in [1.29, 1.82) is 0 Å². The van der Waals surface area contributed by atoms with Gasteiger partial charge in [0.15, 0.2) is 0 Å². The Balaban J connectivity index is 3.36. The van der Waals surface area contributed by atoms with Crippen molar-refractivity contribution in [2.45, 2.75) is 11.5 Å². The molecule has 1 aromatic rings. The highest BCUT2D eigenvalue weighted by atomic mass is 35.5. The van der Waals surface area contributed by atoms with Crippen molar-refractivity contribution in [3.8, 4) is 0 Å². The molecule has 0 atom stereocenters. The highest BCUT2D eigenvalue weighted by Gasteiger charge is 2.26. The van der Waals surface area contributed by atoms with Crippen LogP contribution in [-0.2, 0) is 16.6 Å². The van der Waals surface area contributed by atoms with Gasteiger partial charge in [-0.1, -0.05) is 29.3 Å². The zero-order valence-electron chi connectivity index (χ0n) is 10.6. The minimum absolute atomic E-state index is 0.0380. The summed E-state index contributed by atoms with van der Waals surface area (Å²) in [6.07, 6.45) is 1.41. The first kappa shape index (κ1) is 17.4. The highest BCUT2D eigenvalue weighted by molar-refractivity contribution is 7.89. The maximum absolute atomic E-state index is 12.5. The number of nitrogens with zero attached hydrogens (tertiary/aromatic N) is 1. The summed E-state index contributed by atoms with van der Waals surface area (Å²) in [6.45, 7) is 2.70. The second-order valence-corrected chi connectivity index (χ2v) is 6.63. The molecule has 0 fully saturated rings. The molecule has 0 aliphatic carbocycles. The third kappa shape index (κ3) is 3.72. The molecule has 0 aromatic heterocycles. The minimum Gasteiger partial charge on any atom is -0.395 e. The molecule has 8 heteroatoms. The Kier molecular flexibility index (Phi) is 6.44. The molecule has 112 valence electrons. The van der Waals surface area contributed by atoms with Gasteiger partial charge < -0.3 is 10.2 Å². The smallest absolute Gasteiger partial charge is 0.244 e. The van der Waals surface area contributed by atoms with E-state index in [0.29, 0.717) is 0 Å². The fourth-order valence-electron chi connectivity index (χ4n) is 1.59. The lowest BCUT2D eigenvalue weighted by Crippen LogP contribution is -2.34. The maximum Gasteiger partial charge on any atom is 0.244 e. The Labute approximate surface area is 128 Å². The summed E-state index contributed by atoms with van der Waals surface area (Å²) >= 11 is 11.8. The van der Waals surface area contributed by atoms with Crippen LogP contribution in [0.15, 0.2) is 29.7 Å². The van der Waals surface area contributed by atoms with Crippen LogP contribution in [0.4, 0.5) is 0 Å². The van der Waals surface area contributed by atoms with Crippen LogP contribution < -0.4 is 0 Å². The van der Waals surface area contributed by atoms with E-state index in [9.17, 15) is 8.42 Å². The van der Waals surface area contributed by atoms with Gasteiger partial charge in [0.1, 0.15) is 4.90 Å². The van der Waals surface area contributed by atoms with Gasteiger partial charge in [-0.25, -0.2) is 8.42 Å². The van der Waals surface area contributed by atoms with Crippen LogP contribution in [0.3, 0.4) is 0 Å². The lowest BCUT2D eigenvalue weighted by molar-refractivity contribution is 0.260. The molecule has 20 heavy (non-hydrogen) atoms. The number of hydrogen-bond acceptors (Lipinski definition) is 4. The number of aliphatic hydroxyl groups excluding tert-OH is 2. The van der Waals surface area contributed by atoms with E-state index in [1.54, 1.807) is 0 Å². The first-order valence-corrected chi connectivity index (χ1v) is 7.88. The number of aliphatic hydroxyl groups is 2. The molecule has 1 aromatic carbocycles. The van der Waals surface area contributed by atoms with Crippen LogP contribution >= 0.6 is 23.2 Å². The molecule has 1 rings (SSSR count). The summed E-state index contributed by atoms with van der Waals surface area (Å²) in [5, 5.41) is 18.3. The Bertz CT molecular complexity index is 589. The minimum atomic E-state index is -3.91. The van der Waals surface area contributed by atoms with E-state index in [1.165, 1.54) is 18.2 Å². The molecule has 0 radical (unpaired) electrons. The first-order valence-electron chi connectivity index (χ1n) is 5.69. The van der Waals surface area contributed by atoms with Gasteiger partial charge in [0.05, 0.1) is 18.2 Å². The molecule has 5 nitrogen and oxygen atoms in total. The summed E-state index contributed by atoms with van der Waals surface area (Å²) in [4.78, 5) is -0.164. The summed E-state index contributed by atoms with van der Waals surface area (Å²) in [6, 6.07) is 2.50. The van der Waals surface area contributed by atoms with Gasteiger partial charge in [0.2, 0.25) is 10.0 Å². The van der Waals surface area contributed by atoms with Gasteiger partial charge in [0.25, 0.3) is 0 Å². The zero-order chi connectivity index (χ0) is 15.3. The van der Waals surface area contributed by atoms with Crippen LogP contribution in [0.1, 0.15) is 5.56 Å². The Hall–Kier alpha value is -0.630. The summed E-state index contributed by atoms with van der Waals surface area (Å²) in [5.41, 5.74) is 0.261. The second-order valence-electron chi connectivity index (χ2n) is 3.91. The number of rotatable bonds is 7. The van der Waals surface area contributed by atoms with Gasteiger partial charge in [-0.3, -0.25) is 0 Å². The van der Waals surface area contributed by atoms with Gasteiger partial charge in [-0.05, 0) is 17.7 Å². The Morgan fingerprint density at radius 2 is 1.90 bits per heavy atom. The predicted octanol–water partition coefficient (Wildman–Crippen LogP) is 1.65. The van der Waals surface area contributed by atoms with E-state index < -0.39 is 16.6 Å². The fourth-order valence-corrected chi connectivity index (χ4v) is 3.83. The largest absolute Gasteiger partial charge is 0.395 e. The molecule has 0 saturated heterocycles. The van der Waals surface area contributed by atoms with Gasteiger partial charge in [-0.2, -0.15) is 4.31 Å². The summed E-state index contributed by atoms with van der Waals surface area (Å²) < 4.78 is 26.0. The number of sulfonamides is 1. The van der Waals surface area contributed by atoms with E-state index in [0.717, 1.165) is 4.31 Å². The molecule has 0 amide bonds. The predicted molar refractivity (Wildman–Crippen MR) is 78.4 cm³/mol. The van der Waals surface area contributed by atoms with Crippen molar-refractivity contribution >= 4 is 33.2 Å². The SMILES string of the molecule is C=CCN(CCO)S(=O)(=O)c1cc(CO)c(Cl)cc1Cl. The quantitative estimate of drug-likeness (QED) is 0.740. The summed E-state index contributed by atoms with van der Waals surface area (Å²) in [7, 11) is -3.91. The van der Waals surface area contributed by atoms with Gasteiger partial charge >= 0.3 is 0 Å². The van der Waals surface area contributed by atoms with Crippen LogP contribution in [0.25, 0.3) is 0 Å². The average molecular weight is 340 g/mol. The molecule has 0 bridgehead atoms.